The Bertz CT molecular complexity index is 574. The summed E-state index contributed by atoms with van der Waals surface area (Å²) in [5.74, 6) is -0.696. The summed E-state index contributed by atoms with van der Waals surface area (Å²) in [5.41, 5.74) is 0.226. The van der Waals surface area contributed by atoms with Crippen molar-refractivity contribution >= 4 is 34.9 Å². The summed E-state index contributed by atoms with van der Waals surface area (Å²) in [5, 5.41) is 13.6. The number of anilines is 1. The monoisotopic (exact) mass is 314 g/mol. The topological polar surface area (TPSA) is 98.5 Å². The van der Waals surface area contributed by atoms with Gasteiger partial charge in [-0.15, -0.1) is 11.6 Å². The number of nitro benzene ring substituents is 1. The van der Waals surface area contributed by atoms with Crippen molar-refractivity contribution in [2.45, 2.75) is 19.8 Å². The Hall–Kier alpha value is -2.15. The maximum absolute atomic E-state index is 11.7. The van der Waals surface area contributed by atoms with E-state index in [9.17, 15) is 19.7 Å². The second-order valence-electron chi connectivity index (χ2n) is 4.26. The SMILES string of the molecule is COC(=O)c1cc(NC(=O)CCCCl)c(C)c([N+](=O)[O-])c1. The molecule has 0 heterocycles. The number of amides is 1. The Morgan fingerprint density at radius 1 is 1.43 bits per heavy atom. The van der Waals surface area contributed by atoms with Gasteiger partial charge in [0.15, 0.2) is 0 Å². The quantitative estimate of drug-likeness (QED) is 0.376. The number of carbonyl (C=O) groups excluding carboxylic acids is 2. The zero-order chi connectivity index (χ0) is 16.0. The van der Waals surface area contributed by atoms with Crippen LogP contribution in [-0.4, -0.2) is 29.8 Å². The number of nitro groups is 1. The van der Waals surface area contributed by atoms with Crippen LogP contribution in [0.25, 0.3) is 0 Å². The van der Waals surface area contributed by atoms with Gasteiger partial charge in [0.05, 0.1) is 28.8 Å². The number of alkyl halides is 1. The molecular formula is C13H15ClN2O5. The molecule has 1 N–H and O–H groups in total. The van der Waals surface area contributed by atoms with E-state index >= 15 is 0 Å². The molecule has 21 heavy (non-hydrogen) atoms. The number of esters is 1. The molecule has 0 aromatic heterocycles. The third-order valence-electron chi connectivity index (χ3n) is 2.81. The first-order valence-electron chi connectivity index (χ1n) is 6.13. The standard InChI is InChI=1S/C13H15ClN2O5/c1-8-10(15-12(17)4-3-5-14)6-9(13(18)21-2)7-11(8)16(19)20/h6-7H,3-5H2,1-2H3,(H,15,17). The first-order valence-corrected chi connectivity index (χ1v) is 6.67. The largest absolute Gasteiger partial charge is 0.465 e. The molecular weight excluding hydrogens is 300 g/mol. The van der Waals surface area contributed by atoms with Crippen LogP contribution in [0.3, 0.4) is 0 Å². The van der Waals surface area contributed by atoms with Crippen LogP contribution in [0.2, 0.25) is 0 Å². The summed E-state index contributed by atoms with van der Waals surface area (Å²) < 4.78 is 4.54. The van der Waals surface area contributed by atoms with Gasteiger partial charge in [-0.25, -0.2) is 4.79 Å². The van der Waals surface area contributed by atoms with Crippen LogP contribution >= 0.6 is 11.6 Å². The highest BCUT2D eigenvalue weighted by atomic mass is 35.5. The van der Waals surface area contributed by atoms with Crippen LogP contribution in [0.5, 0.6) is 0 Å². The van der Waals surface area contributed by atoms with E-state index in [4.69, 9.17) is 11.6 Å². The Morgan fingerprint density at radius 3 is 2.62 bits per heavy atom. The van der Waals surface area contributed by atoms with Crippen LogP contribution in [0, 0.1) is 17.0 Å². The molecule has 0 saturated heterocycles. The van der Waals surface area contributed by atoms with Crippen molar-refractivity contribution in [1.29, 1.82) is 0 Å². The fourth-order valence-corrected chi connectivity index (χ4v) is 1.83. The number of ether oxygens (including phenoxy) is 1. The van der Waals surface area contributed by atoms with Crippen molar-refractivity contribution in [3.63, 3.8) is 0 Å². The minimum Gasteiger partial charge on any atom is -0.465 e. The molecule has 1 amide bonds. The molecule has 0 aliphatic rings. The van der Waals surface area contributed by atoms with E-state index < -0.39 is 10.9 Å². The lowest BCUT2D eigenvalue weighted by atomic mass is 10.1. The number of hydrogen-bond donors (Lipinski definition) is 1. The van der Waals surface area contributed by atoms with E-state index in [0.717, 1.165) is 6.07 Å². The van der Waals surface area contributed by atoms with Crippen LogP contribution in [0.15, 0.2) is 12.1 Å². The van der Waals surface area contributed by atoms with E-state index in [2.05, 4.69) is 10.1 Å². The summed E-state index contributed by atoms with van der Waals surface area (Å²) in [4.78, 5) is 33.6. The number of hydrogen-bond acceptors (Lipinski definition) is 5. The number of benzene rings is 1. The van der Waals surface area contributed by atoms with Gasteiger partial charge in [-0.3, -0.25) is 14.9 Å². The summed E-state index contributed by atoms with van der Waals surface area (Å²) in [6, 6.07) is 2.47. The van der Waals surface area contributed by atoms with Gasteiger partial charge in [0.25, 0.3) is 5.69 Å². The average molecular weight is 315 g/mol. The van der Waals surface area contributed by atoms with Crippen LogP contribution in [0.1, 0.15) is 28.8 Å². The first-order chi connectivity index (χ1) is 9.90. The number of halogens is 1. The van der Waals surface area contributed by atoms with Crippen molar-refractivity contribution in [3.05, 3.63) is 33.4 Å². The molecule has 1 aromatic carbocycles. The molecule has 1 aromatic rings. The Morgan fingerprint density at radius 2 is 2.10 bits per heavy atom. The number of methoxy groups -OCH3 is 1. The average Bonchev–Trinajstić information content (AvgIpc) is 2.45. The molecule has 0 unspecified atom stereocenters. The minimum atomic E-state index is -0.714. The van der Waals surface area contributed by atoms with Gasteiger partial charge >= 0.3 is 5.97 Å². The Labute approximate surface area is 126 Å². The maximum Gasteiger partial charge on any atom is 0.338 e. The molecule has 0 atom stereocenters. The second-order valence-corrected chi connectivity index (χ2v) is 4.64. The van der Waals surface area contributed by atoms with Crippen molar-refractivity contribution in [1.82, 2.24) is 0 Å². The van der Waals surface area contributed by atoms with E-state index in [1.54, 1.807) is 0 Å². The third kappa shape index (κ3) is 4.42. The van der Waals surface area contributed by atoms with E-state index in [1.165, 1.54) is 20.1 Å². The molecule has 7 nitrogen and oxygen atoms in total. The number of carbonyl (C=O) groups is 2. The summed E-state index contributed by atoms with van der Waals surface area (Å²) >= 11 is 5.50. The summed E-state index contributed by atoms with van der Waals surface area (Å²) in [7, 11) is 1.17. The molecule has 0 bridgehead atoms. The predicted molar refractivity (Wildman–Crippen MR) is 77.8 cm³/mol. The van der Waals surface area contributed by atoms with E-state index in [0.29, 0.717) is 12.3 Å². The fraction of sp³-hybridized carbons (Fsp3) is 0.385. The maximum atomic E-state index is 11.7. The van der Waals surface area contributed by atoms with Gasteiger partial charge in [-0.1, -0.05) is 0 Å². The number of nitrogens with zero attached hydrogens (tertiary/aromatic N) is 1. The van der Waals surface area contributed by atoms with Gasteiger partial charge in [0, 0.05) is 18.4 Å². The zero-order valence-corrected chi connectivity index (χ0v) is 12.4. The first kappa shape index (κ1) is 16.9. The molecule has 1 rings (SSSR count). The van der Waals surface area contributed by atoms with Crippen LogP contribution in [0.4, 0.5) is 11.4 Å². The lowest BCUT2D eigenvalue weighted by molar-refractivity contribution is -0.385. The van der Waals surface area contributed by atoms with E-state index in [1.807, 2.05) is 0 Å². The summed E-state index contributed by atoms with van der Waals surface area (Å²) in [6.07, 6.45) is 0.685. The lowest BCUT2D eigenvalue weighted by Gasteiger charge is -2.10. The number of rotatable bonds is 6. The fourth-order valence-electron chi connectivity index (χ4n) is 1.69. The van der Waals surface area contributed by atoms with Gasteiger partial charge in [-0.2, -0.15) is 0 Å². The second kappa shape index (κ2) is 7.58. The summed E-state index contributed by atoms with van der Waals surface area (Å²) in [6.45, 7) is 1.50. The van der Waals surface area contributed by atoms with Crippen LogP contribution < -0.4 is 5.32 Å². The van der Waals surface area contributed by atoms with Gasteiger partial charge < -0.3 is 10.1 Å². The van der Waals surface area contributed by atoms with Crippen molar-refractivity contribution < 1.29 is 19.2 Å². The van der Waals surface area contributed by atoms with Crippen molar-refractivity contribution in [2.24, 2.45) is 0 Å². The smallest absolute Gasteiger partial charge is 0.338 e. The molecule has 114 valence electrons. The molecule has 0 saturated carbocycles. The van der Waals surface area contributed by atoms with Crippen molar-refractivity contribution in [3.8, 4) is 0 Å². The van der Waals surface area contributed by atoms with Gasteiger partial charge in [0.1, 0.15) is 0 Å². The third-order valence-corrected chi connectivity index (χ3v) is 3.08. The zero-order valence-electron chi connectivity index (χ0n) is 11.6. The Balaban J connectivity index is 3.17. The molecule has 0 spiro atoms. The van der Waals surface area contributed by atoms with Crippen LogP contribution in [-0.2, 0) is 9.53 Å². The Kier molecular flexibility index (Phi) is 6.10. The predicted octanol–water partition coefficient (Wildman–Crippen LogP) is 2.65. The molecule has 0 fully saturated rings. The highest BCUT2D eigenvalue weighted by Crippen LogP contribution is 2.28. The van der Waals surface area contributed by atoms with Gasteiger partial charge in [-0.05, 0) is 19.4 Å². The lowest BCUT2D eigenvalue weighted by Crippen LogP contribution is -2.14. The van der Waals surface area contributed by atoms with E-state index in [-0.39, 0.29) is 34.8 Å². The number of nitrogens with one attached hydrogen (secondary N) is 1. The molecule has 0 radical (unpaired) electrons. The molecule has 0 aliphatic carbocycles. The van der Waals surface area contributed by atoms with Gasteiger partial charge in [0.2, 0.25) is 5.91 Å². The highest BCUT2D eigenvalue weighted by molar-refractivity contribution is 6.18. The normalized spacial score (nSPS) is 10.0. The molecule has 0 aliphatic heterocycles. The highest BCUT2D eigenvalue weighted by Gasteiger charge is 2.20. The molecule has 8 heteroatoms. The minimum absolute atomic E-state index is 0.00226. The van der Waals surface area contributed by atoms with Crippen molar-refractivity contribution in [2.75, 3.05) is 18.3 Å².